The quantitative estimate of drug-likeness (QED) is 0.330. The van der Waals surface area contributed by atoms with Gasteiger partial charge in [-0.15, -0.1) is 0 Å². The van der Waals surface area contributed by atoms with Crippen LogP contribution in [0.2, 0.25) is 0 Å². The molecule has 1 heterocycles. The fourth-order valence-electron chi connectivity index (χ4n) is 1.45. The molecule has 19 heavy (non-hydrogen) atoms. The van der Waals surface area contributed by atoms with Gasteiger partial charge in [-0.25, -0.2) is 0 Å². The SMILES string of the molecule is C#I1CI=II1[C@@](C)(CC)[C@H](NC(=O)OC)C(=O)O. The number of carboxylic acids is 1. The molecule has 9 heteroatoms. The Kier molecular flexibility index (Phi) is 7.95. The summed E-state index contributed by atoms with van der Waals surface area (Å²) in [6.07, 6.45) is 0.125. The van der Waals surface area contributed by atoms with Gasteiger partial charge in [-0.2, -0.15) is 0 Å². The Morgan fingerprint density at radius 2 is 2.26 bits per heavy atom. The molecule has 0 fully saturated rings. The summed E-state index contributed by atoms with van der Waals surface area (Å²) in [6.45, 7) is 4.06. The van der Waals surface area contributed by atoms with Crippen molar-refractivity contribution in [2.24, 2.45) is 0 Å². The van der Waals surface area contributed by atoms with Gasteiger partial charge in [-0.05, 0) is 0 Å². The first-order chi connectivity index (χ1) is 8.86. The van der Waals surface area contributed by atoms with E-state index in [4.69, 9.17) is 4.31 Å². The second kappa shape index (κ2) is 8.17. The van der Waals surface area contributed by atoms with E-state index in [1.807, 2.05) is 13.8 Å². The van der Waals surface area contributed by atoms with Gasteiger partial charge < -0.3 is 0 Å². The normalized spacial score (nSPS) is 22.5. The Labute approximate surface area is 134 Å². The molecule has 0 bridgehead atoms. The van der Waals surface area contributed by atoms with Crippen molar-refractivity contribution in [3.8, 4) is 4.31 Å². The zero-order chi connectivity index (χ0) is 14.6. The van der Waals surface area contributed by atoms with Crippen LogP contribution in [0.5, 0.6) is 0 Å². The average molecular weight is 723 g/mol. The third-order valence-corrected chi connectivity index (χ3v) is 130. The summed E-state index contributed by atoms with van der Waals surface area (Å²) in [5.74, 6) is -0.953. The van der Waals surface area contributed by atoms with Gasteiger partial charge >= 0.3 is 137 Å². The molecule has 0 aromatic heterocycles. The number of alkyl carbamates (subject to hydrolysis) is 1. The number of alkyl halides is 3. The zero-order valence-corrected chi connectivity index (χ0v) is 19.4. The third kappa shape index (κ3) is 4.45. The van der Waals surface area contributed by atoms with E-state index in [-0.39, 0.29) is 16.0 Å². The fraction of sp³-hybridized carbons (Fsp3) is 0.700. The second-order valence-electron chi connectivity index (χ2n) is 3.83. The first kappa shape index (κ1) is 18.5. The number of carboxylic acid groups (broad SMARTS) is 1. The number of nitrogens with one attached hydrogen (secondary N) is 1. The molecule has 0 aromatic carbocycles. The number of carbonyl (C=O) groups is 2. The van der Waals surface area contributed by atoms with Gasteiger partial charge in [0, 0.05) is 0 Å². The van der Waals surface area contributed by atoms with Gasteiger partial charge in [0.1, 0.15) is 0 Å². The number of hydrogen-bond donors (Lipinski definition) is 2. The molecular weight excluding hydrogens is 706 g/mol. The molecule has 0 saturated carbocycles. The van der Waals surface area contributed by atoms with E-state index in [0.717, 1.165) is 6.42 Å². The maximum absolute atomic E-state index is 11.6. The van der Waals surface area contributed by atoms with E-state index < -0.39 is 45.1 Å². The predicted octanol–water partition coefficient (Wildman–Crippen LogP) is 4.22. The number of carbonyl (C=O) groups excluding carboxylic acids is 1. The van der Waals surface area contributed by atoms with Gasteiger partial charge in [-0.1, -0.05) is 0 Å². The van der Waals surface area contributed by atoms with Crippen LogP contribution in [0.15, 0.2) is 0 Å². The van der Waals surface area contributed by atoms with Crippen LogP contribution < -0.4 is 5.32 Å². The number of aliphatic carboxylic acids is 1. The first-order valence-electron chi connectivity index (χ1n) is 5.29. The molecule has 2 N–H and O–H groups in total. The molecule has 114 valence electrons. The maximum atomic E-state index is 11.6. The topological polar surface area (TPSA) is 75.6 Å². The predicted molar refractivity (Wildman–Crippen MR) is 112 cm³/mol. The molecule has 0 unspecified atom stereocenters. The monoisotopic (exact) mass is 723 g/mol. The summed E-state index contributed by atoms with van der Waals surface area (Å²) in [5.41, 5.74) is 0. The van der Waals surface area contributed by atoms with Crippen molar-refractivity contribution in [3.05, 3.63) is 0 Å². The second-order valence-corrected chi connectivity index (χ2v) is 62.9. The number of hydrogen-bond acceptors (Lipinski definition) is 3. The Morgan fingerprint density at radius 3 is 2.63 bits per heavy atom. The van der Waals surface area contributed by atoms with Gasteiger partial charge in [-0.3, -0.25) is 0 Å². The van der Waals surface area contributed by atoms with Crippen molar-refractivity contribution < 1.29 is 19.4 Å². The van der Waals surface area contributed by atoms with Crippen molar-refractivity contribution in [1.82, 2.24) is 5.32 Å². The van der Waals surface area contributed by atoms with Gasteiger partial charge in [0.25, 0.3) is 0 Å². The summed E-state index contributed by atoms with van der Waals surface area (Å²) < 4.78 is 12.0. The van der Waals surface area contributed by atoms with Crippen molar-refractivity contribution in [2.45, 2.75) is 29.7 Å². The van der Waals surface area contributed by atoms with Crippen molar-refractivity contribution in [3.63, 3.8) is 0 Å². The van der Waals surface area contributed by atoms with E-state index in [0.29, 0.717) is 16.6 Å². The van der Waals surface area contributed by atoms with Gasteiger partial charge in [0.05, 0.1) is 0 Å². The molecule has 1 rings (SSSR count). The number of rotatable bonds is 5. The molecule has 0 saturated heterocycles. The van der Waals surface area contributed by atoms with Crippen LogP contribution in [0.25, 0.3) is 0 Å². The summed E-state index contributed by atoms with van der Waals surface area (Å²) >= 11 is -2.17. The van der Waals surface area contributed by atoms with Gasteiger partial charge in [0.15, 0.2) is 0 Å². The van der Waals surface area contributed by atoms with E-state index in [1.54, 1.807) is 0 Å². The summed E-state index contributed by atoms with van der Waals surface area (Å²) in [7, 11) is 1.26. The van der Waals surface area contributed by atoms with E-state index in [9.17, 15) is 14.7 Å². The summed E-state index contributed by atoms with van der Waals surface area (Å²) in [5, 5.41) is 12.0. The number of ether oxygens (including phenoxy) is 1. The fourth-order valence-corrected chi connectivity index (χ4v) is 226. The van der Waals surface area contributed by atoms with Crippen LogP contribution in [0.4, 0.5) is 4.79 Å². The van der Waals surface area contributed by atoms with Crippen molar-refractivity contribution in [1.29, 1.82) is 0 Å². The molecule has 0 aromatic rings. The Hall–Kier alpha value is 1.44. The average Bonchev–Trinajstić information content (AvgIpc) is 2.81. The first-order valence-corrected chi connectivity index (χ1v) is 29.5. The van der Waals surface area contributed by atoms with Gasteiger partial charge in [0.2, 0.25) is 0 Å². The molecule has 1 aliphatic rings. The van der Waals surface area contributed by atoms with Crippen molar-refractivity contribution >= 4 is 68.3 Å². The Morgan fingerprint density at radius 1 is 1.63 bits per heavy atom. The van der Waals surface area contributed by atoms with Crippen LogP contribution in [0, 0.1) is 4.31 Å². The van der Waals surface area contributed by atoms with E-state index in [1.165, 1.54) is 9.54 Å². The third-order valence-electron chi connectivity index (χ3n) is 2.70. The van der Waals surface area contributed by atoms with Crippen LogP contribution in [0.1, 0.15) is 20.3 Å². The summed E-state index contributed by atoms with van der Waals surface area (Å²) in [4.78, 5) is 23.0. The number of amides is 1. The van der Waals surface area contributed by atoms with E-state index >= 15 is 0 Å². The van der Waals surface area contributed by atoms with Crippen LogP contribution >= 0.6 is 56.2 Å². The van der Waals surface area contributed by atoms with E-state index in [2.05, 4.69) is 10.1 Å². The minimum absolute atomic E-state index is 0.206. The number of halogens is 4. The number of methoxy groups -OCH3 is 1. The molecular formula is C10H17I4NO4. The zero-order valence-electron chi connectivity index (χ0n) is 10.8. The van der Waals surface area contributed by atoms with Crippen molar-refractivity contribution in [2.75, 3.05) is 9.54 Å². The Balaban J connectivity index is 3.08. The standard InChI is InChI=1S/C10H17I4NO4/c1-5-10(2,14-12-11-6-13(14)3)7(8(16)17)15-9(18)19-4/h3,7H,5-6H2,1-2,4H3,(H,15,18)(H,16,17)/t7-,10+/m1/s1. The van der Waals surface area contributed by atoms with Crippen LogP contribution in [0.3, 0.4) is 0 Å². The molecule has 1 aliphatic heterocycles. The van der Waals surface area contributed by atoms with Crippen LogP contribution in [-0.2, 0) is 9.53 Å². The molecule has 2 atom stereocenters. The molecule has 1 amide bonds. The summed E-state index contributed by atoms with van der Waals surface area (Å²) in [6, 6.07) is -0.833. The Bertz CT molecular complexity index is 472. The molecule has 0 radical (unpaired) electrons. The molecule has 0 aliphatic carbocycles. The van der Waals surface area contributed by atoms with Crippen LogP contribution in [-0.4, -0.2) is 36.2 Å². The molecule has 0 spiro atoms. The molecule has 5 nitrogen and oxygen atoms in total. The minimum atomic E-state index is -1.35.